The maximum Gasteiger partial charge on any atom is 0.411 e. The minimum Gasteiger partial charge on any atom is -0.479 e. The van der Waals surface area contributed by atoms with Gasteiger partial charge in [0.15, 0.2) is 5.54 Å². The van der Waals surface area contributed by atoms with Gasteiger partial charge in [-0.25, -0.2) is 9.59 Å². The molecule has 24 heavy (non-hydrogen) atoms. The largest absolute Gasteiger partial charge is 0.479 e. The zero-order chi connectivity index (χ0) is 17.7. The highest BCUT2D eigenvalue weighted by atomic mass is 16.6. The Kier molecular flexibility index (Phi) is 5.83. The van der Waals surface area contributed by atoms with Crippen LogP contribution in [0.2, 0.25) is 0 Å². The number of nitrogens with zero attached hydrogens (tertiary/aromatic N) is 2. The molecule has 2 rings (SSSR count). The first-order valence-corrected chi connectivity index (χ1v) is 8.29. The van der Waals surface area contributed by atoms with Crippen molar-refractivity contribution in [2.45, 2.75) is 44.9 Å². The lowest BCUT2D eigenvalue weighted by Gasteiger charge is -2.46. The number of carbonyl (C=O) groups is 2. The van der Waals surface area contributed by atoms with Crippen LogP contribution in [0.5, 0.6) is 0 Å². The van der Waals surface area contributed by atoms with Gasteiger partial charge in [-0.3, -0.25) is 4.90 Å². The highest BCUT2D eigenvalue weighted by Crippen LogP contribution is 2.30. The molecule has 0 saturated carbocycles. The molecule has 1 aromatic rings. The van der Waals surface area contributed by atoms with Crippen LogP contribution < -0.4 is 0 Å². The number of carboxylic acids is 1. The lowest BCUT2D eigenvalue weighted by molar-refractivity contribution is -0.156. The van der Waals surface area contributed by atoms with Gasteiger partial charge in [-0.2, -0.15) is 0 Å². The Morgan fingerprint density at radius 3 is 2.54 bits per heavy atom. The van der Waals surface area contributed by atoms with E-state index in [0.29, 0.717) is 13.0 Å². The third kappa shape index (κ3) is 3.87. The van der Waals surface area contributed by atoms with E-state index >= 15 is 0 Å². The molecule has 0 aliphatic carbocycles. The van der Waals surface area contributed by atoms with E-state index in [1.54, 1.807) is 0 Å². The van der Waals surface area contributed by atoms with Gasteiger partial charge in [0.1, 0.15) is 6.61 Å². The molecule has 0 bridgehead atoms. The van der Waals surface area contributed by atoms with Gasteiger partial charge in [0.25, 0.3) is 0 Å². The predicted octanol–water partition coefficient (Wildman–Crippen LogP) is 2.58. The lowest BCUT2D eigenvalue weighted by Crippen LogP contribution is -2.66. The molecule has 1 atom stereocenters. The molecule has 6 nitrogen and oxygen atoms in total. The molecule has 1 saturated heterocycles. The number of amides is 1. The van der Waals surface area contributed by atoms with Crippen LogP contribution >= 0.6 is 0 Å². The number of benzene rings is 1. The third-order valence-corrected chi connectivity index (χ3v) is 4.44. The summed E-state index contributed by atoms with van der Waals surface area (Å²) >= 11 is 0. The summed E-state index contributed by atoms with van der Waals surface area (Å²) in [6.07, 6.45) is 0.593. The second kappa shape index (κ2) is 7.66. The number of ether oxygens (including phenoxy) is 1. The van der Waals surface area contributed by atoms with E-state index in [-0.39, 0.29) is 12.6 Å². The molecule has 1 fully saturated rings. The molecule has 1 amide bonds. The lowest BCUT2D eigenvalue weighted by atomic mass is 9.86. The fraction of sp³-hybridized carbons (Fsp3) is 0.556. The van der Waals surface area contributed by atoms with Gasteiger partial charge >= 0.3 is 12.1 Å². The Balaban J connectivity index is 2.19. The molecule has 132 valence electrons. The molecule has 0 aromatic heterocycles. The summed E-state index contributed by atoms with van der Waals surface area (Å²) in [5.41, 5.74) is -0.366. The number of rotatable bonds is 5. The SMILES string of the molecule is CC(C)N(C(=O)OCc1ccccc1)C1(C(=O)O)CCCN(C)C1. The van der Waals surface area contributed by atoms with Crippen molar-refractivity contribution in [3.63, 3.8) is 0 Å². The number of carboxylic acid groups (broad SMARTS) is 1. The van der Waals surface area contributed by atoms with Crippen LogP contribution in [0, 0.1) is 0 Å². The molecular weight excluding hydrogens is 308 g/mol. The Morgan fingerprint density at radius 2 is 2.00 bits per heavy atom. The van der Waals surface area contributed by atoms with E-state index in [2.05, 4.69) is 0 Å². The van der Waals surface area contributed by atoms with E-state index in [4.69, 9.17) is 4.74 Å². The topological polar surface area (TPSA) is 70.1 Å². The molecular formula is C18H26N2O4. The van der Waals surface area contributed by atoms with Crippen LogP contribution in [0.4, 0.5) is 4.79 Å². The minimum absolute atomic E-state index is 0.133. The second-order valence-electron chi connectivity index (χ2n) is 6.68. The zero-order valence-corrected chi connectivity index (χ0v) is 14.6. The summed E-state index contributed by atoms with van der Waals surface area (Å²) in [7, 11) is 1.88. The highest BCUT2D eigenvalue weighted by Gasteiger charge is 2.50. The van der Waals surface area contributed by atoms with Crippen molar-refractivity contribution in [2.75, 3.05) is 20.1 Å². The van der Waals surface area contributed by atoms with Crippen LogP contribution in [-0.4, -0.2) is 58.7 Å². The van der Waals surface area contributed by atoms with Crippen LogP contribution in [0.25, 0.3) is 0 Å². The normalized spacial score (nSPS) is 21.5. The molecule has 1 unspecified atom stereocenters. The number of carbonyl (C=O) groups excluding carboxylic acids is 1. The molecule has 1 aliphatic rings. The van der Waals surface area contributed by atoms with Gasteiger partial charge in [-0.15, -0.1) is 0 Å². The Morgan fingerprint density at radius 1 is 1.33 bits per heavy atom. The number of piperidine rings is 1. The fourth-order valence-corrected chi connectivity index (χ4v) is 3.39. The average molecular weight is 334 g/mol. The van der Waals surface area contributed by atoms with Crippen LogP contribution in [-0.2, 0) is 16.1 Å². The van der Waals surface area contributed by atoms with E-state index in [1.165, 1.54) is 4.90 Å². The molecule has 0 radical (unpaired) electrons. The number of hydrogen-bond acceptors (Lipinski definition) is 4. The van der Waals surface area contributed by atoms with Crippen molar-refractivity contribution in [2.24, 2.45) is 0 Å². The van der Waals surface area contributed by atoms with Gasteiger partial charge in [0.2, 0.25) is 0 Å². The highest BCUT2D eigenvalue weighted by molar-refractivity contribution is 5.85. The van der Waals surface area contributed by atoms with Gasteiger partial charge < -0.3 is 14.7 Å². The zero-order valence-electron chi connectivity index (χ0n) is 14.6. The summed E-state index contributed by atoms with van der Waals surface area (Å²) in [6.45, 7) is 4.92. The summed E-state index contributed by atoms with van der Waals surface area (Å²) < 4.78 is 5.42. The average Bonchev–Trinajstić information content (AvgIpc) is 2.53. The minimum atomic E-state index is -1.24. The van der Waals surface area contributed by atoms with E-state index in [1.807, 2.05) is 56.1 Å². The monoisotopic (exact) mass is 334 g/mol. The van der Waals surface area contributed by atoms with E-state index in [0.717, 1.165) is 18.5 Å². The fourth-order valence-electron chi connectivity index (χ4n) is 3.39. The first kappa shape index (κ1) is 18.3. The first-order valence-electron chi connectivity index (χ1n) is 8.29. The molecule has 1 N–H and O–H groups in total. The molecule has 1 heterocycles. The molecule has 1 aromatic carbocycles. The summed E-state index contributed by atoms with van der Waals surface area (Å²) in [4.78, 5) is 28.1. The third-order valence-electron chi connectivity index (χ3n) is 4.44. The Bertz CT molecular complexity index is 576. The van der Waals surface area contributed by atoms with Gasteiger partial charge in [0, 0.05) is 12.6 Å². The molecule has 0 spiro atoms. The maximum absolute atomic E-state index is 12.7. The van der Waals surface area contributed by atoms with Crippen LogP contribution in [0.3, 0.4) is 0 Å². The Labute approximate surface area is 143 Å². The van der Waals surface area contributed by atoms with Crippen molar-refractivity contribution in [3.8, 4) is 0 Å². The molecule has 1 aliphatic heterocycles. The number of likely N-dealkylation sites (tertiary alicyclic amines) is 1. The maximum atomic E-state index is 12.7. The van der Waals surface area contributed by atoms with Crippen molar-refractivity contribution < 1.29 is 19.4 Å². The quantitative estimate of drug-likeness (QED) is 0.896. The van der Waals surface area contributed by atoms with E-state index in [9.17, 15) is 14.7 Å². The summed E-state index contributed by atoms with van der Waals surface area (Å²) in [5.74, 6) is -0.973. The molecule has 6 heteroatoms. The predicted molar refractivity (Wildman–Crippen MR) is 90.7 cm³/mol. The van der Waals surface area contributed by atoms with Gasteiger partial charge in [0.05, 0.1) is 0 Å². The Hall–Kier alpha value is -2.08. The number of aliphatic carboxylic acids is 1. The number of hydrogen-bond donors (Lipinski definition) is 1. The van der Waals surface area contributed by atoms with E-state index < -0.39 is 17.6 Å². The van der Waals surface area contributed by atoms with Crippen molar-refractivity contribution in [1.82, 2.24) is 9.80 Å². The van der Waals surface area contributed by atoms with Crippen molar-refractivity contribution in [3.05, 3.63) is 35.9 Å². The van der Waals surface area contributed by atoms with Crippen molar-refractivity contribution in [1.29, 1.82) is 0 Å². The van der Waals surface area contributed by atoms with Crippen LogP contribution in [0.1, 0.15) is 32.3 Å². The van der Waals surface area contributed by atoms with Gasteiger partial charge in [-0.05, 0) is 45.8 Å². The second-order valence-corrected chi connectivity index (χ2v) is 6.68. The first-order chi connectivity index (χ1) is 11.4. The van der Waals surface area contributed by atoms with Gasteiger partial charge in [-0.1, -0.05) is 30.3 Å². The van der Waals surface area contributed by atoms with Crippen molar-refractivity contribution >= 4 is 12.1 Å². The summed E-state index contributed by atoms with van der Waals surface area (Å²) in [6, 6.07) is 9.11. The number of likely N-dealkylation sites (N-methyl/N-ethyl adjacent to an activating group) is 1. The smallest absolute Gasteiger partial charge is 0.411 e. The van der Waals surface area contributed by atoms with Crippen LogP contribution in [0.15, 0.2) is 30.3 Å². The summed E-state index contributed by atoms with van der Waals surface area (Å²) in [5, 5.41) is 9.88. The standard InChI is InChI=1S/C18H26N2O4/c1-14(2)20(17(23)24-12-15-8-5-4-6-9-15)18(16(21)22)10-7-11-19(3)13-18/h4-6,8-9,14H,7,10-13H2,1-3H3,(H,21,22).